The topological polar surface area (TPSA) is 62.2 Å². The highest BCUT2D eigenvalue weighted by atomic mass is 16.4. The number of pyridine rings is 1. The minimum absolute atomic E-state index is 0.0223. The van der Waals surface area contributed by atoms with Crippen LogP contribution >= 0.6 is 0 Å². The van der Waals surface area contributed by atoms with Gasteiger partial charge >= 0.3 is 5.97 Å². The first-order chi connectivity index (χ1) is 9.11. The number of nitrogens with one attached hydrogen (secondary N) is 1. The van der Waals surface area contributed by atoms with E-state index in [2.05, 4.69) is 16.2 Å². The second-order valence-corrected chi connectivity index (χ2v) is 4.34. The SMILES string of the molecule is C#CCC(C)Nc1nc(C(=O)O)cc2ccccc12. The Morgan fingerprint density at radius 1 is 1.53 bits per heavy atom. The molecule has 1 unspecified atom stereocenters. The lowest BCUT2D eigenvalue weighted by molar-refractivity contribution is 0.0691. The first-order valence-electron chi connectivity index (χ1n) is 5.95. The Morgan fingerprint density at radius 3 is 2.95 bits per heavy atom. The predicted octanol–water partition coefficient (Wildman–Crippen LogP) is 2.76. The van der Waals surface area contributed by atoms with E-state index < -0.39 is 5.97 Å². The number of carboxylic acid groups (broad SMARTS) is 1. The van der Waals surface area contributed by atoms with E-state index in [1.54, 1.807) is 6.07 Å². The maximum atomic E-state index is 11.1. The molecule has 0 aliphatic carbocycles. The van der Waals surface area contributed by atoms with Crippen molar-refractivity contribution in [3.05, 3.63) is 36.0 Å². The van der Waals surface area contributed by atoms with Crippen molar-refractivity contribution in [3.8, 4) is 12.3 Å². The van der Waals surface area contributed by atoms with Crippen molar-refractivity contribution in [2.45, 2.75) is 19.4 Å². The molecule has 0 aliphatic heterocycles. The summed E-state index contributed by atoms with van der Waals surface area (Å²) in [5, 5.41) is 14.0. The number of hydrogen-bond donors (Lipinski definition) is 2. The number of anilines is 1. The zero-order chi connectivity index (χ0) is 13.8. The molecule has 1 heterocycles. The zero-order valence-corrected chi connectivity index (χ0v) is 10.6. The number of carboxylic acids is 1. The van der Waals surface area contributed by atoms with Crippen LogP contribution in [-0.2, 0) is 0 Å². The van der Waals surface area contributed by atoms with Gasteiger partial charge in [0.2, 0.25) is 0 Å². The third-order valence-corrected chi connectivity index (χ3v) is 2.77. The fourth-order valence-corrected chi connectivity index (χ4v) is 1.88. The van der Waals surface area contributed by atoms with Gasteiger partial charge in [0.05, 0.1) is 0 Å². The zero-order valence-electron chi connectivity index (χ0n) is 10.6. The molecule has 1 aromatic heterocycles. The van der Waals surface area contributed by atoms with Gasteiger partial charge in [-0.15, -0.1) is 12.3 Å². The van der Waals surface area contributed by atoms with Crippen LogP contribution in [0.5, 0.6) is 0 Å². The Hall–Kier alpha value is -2.54. The third kappa shape index (κ3) is 2.83. The fourth-order valence-electron chi connectivity index (χ4n) is 1.88. The molecule has 0 spiro atoms. The summed E-state index contributed by atoms with van der Waals surface area (Å²) in [7, 11) is 0. The molecule has 0 aliphatic rings. The Balaban J connectivity index is 2.51. The van der Waals surface area contributed by atoms with Gasteiger partial charge in [-0.1, -0.05) is 24.3 Å². The van der Waals surface area contributed by atoms with Crippen LogP contribution in [0.3, 0.4) is 0 Å². The van der Waals surface area contributed by atoms with Gasteiger partial charge < -0.3 is 10.4 Å². The van der Waals surface area contributed by atoms with Crippen LogP contribution in [0, 0.1) is 12.3 Å². The Morgan fingerprint density at radius 2 is 2.26 bits per heavy atom. The van der Waals surface area contributed by atoms with Crippen LogP contribution in [0.15, 0.2) is 30.3 Å². The summed E-state index contributed by atoms with van der Waals surface area (Å²) in [6.45, 7) is 1.93. The van der Waals surface area contributed by atoms with Crippen LogP contribution in [0.25, 0.3) is 10.8 Å². The summed E-state index contributed by atoms with van der Waals surface area (Å²) in [6.07, 6.45) is 5.82. The first-order valence-corrected chi connectivity index (χ1v) is 5.95. The lowest BCUT2D eigenvalue weighted by Crippen LogP contribution is -2.16. The van der Waals surface area contributed by atoms with Crippen LogP contribution in [0.4, 0.5) is 5.82 Å². The number of fused-ring (bicyclic) bond motifs is 1. The smallest absolute Gasteiger partial charge is 0.354 e. The summed E-state index contributed by atoms with van der Waals surface area (Å²) in [5.74, 6) is 2.08. The van der Waals surface area contributed by atoms with Gasteiger partial charge in [0, 0.05) is 17.8 Å². The lowest BCUT2D eigenvalue weighted by Gasteiger charge is -2.14. The van der Waals surface area contributed by atoms with Gasteiger partial charge in [-0.05, 0) is 18.4 Å². The van der Waals surface area contributed by atoms with E-state index in [1.807, 2.05) is 31.2 Å². The number of aromatic carboxylic acids is 1. The maximum Gasteiger partial charge on any atom is 0.354 e. The normalized spacial score (nSPS) is 11.8. The highest BCUT2D eigenvalue weighted by molar-refractivity contribution is 5.97. The third-order valence-electron chi connectivity index (χ3n) is 2.77. The maximum absolute atomic E-state index is 11.1. The predicted molar refractivity (Wildman–Crippen MR) is 75.2 cm³/mol. The Bertz CT molecular complexity index is 659. The standard InChI is InChI=1S/C15H14N2O2/c1-3-6-10(2)16-14-12-8-5-4-7-11(12)9-13(17-14)15(18)19/h1,4-5,7-10H,6H2,2H3,(H,16,17)(H,18,19). The van der Waals surface area contributed by atoms with Crippen molar-refractivity contribution >= 4 is 22.6 Å². The Labute approximate surface area is 111 Å². The number of benzene rings is 1. The van der Waals surface area contributed by atoms with Crippen molar-refractivity contribution in [2.75, 3.05) is 5.32 Å². The molecule has 2 N–H and O–H groups in total. The second-order valence-electron chi connectivity index (χ2n) is 4.34. The molecule has 4 nitrogen and oxygen atoms in total. The molecule has 0 radical (unpaired) electrons. The van der Waals surface area contributed by atoms with Gasteiger partial charge in [0.15, 0.2) is 5.69 Å². The van der Waals surface area contributed by atoms with E-state index >= 15 is 0 Å². The number of nitrogens with zero attached hydrogens (tertiary/aromatic N) is 1. The van der Waals surface area contributed by atoms with Gasteiger partial charge in [-0.2, -0.15) is 0 Å². The molecule has 0 fully saturated rings. The first kappa shape index (κ1) is 12.9. The van der Waals surface area contributed by atoms with Crippen molar-refractivity contribution < 1.29 is 9.90 Å². The van der Waals surface area contributed by atoms with Crippen LogP contribution < -0.4 is 5.32 Å². The molecule has 2 aromatic rings. The highest BCUT2D eigenvalue weighted by Crippen LogP contribution is 2.23. The van der Waals surface area contributed by atoms with Crippen LogP contribution in [-0.4, -0.2) is 22.1 Å². The van der Waals surface area contributed by atoms with Crippen molar-refractivity contribution in [1.29, 1.82) is 0 Å². The van der Waals surface area contributed by atoms with Crippen molar-refractivity contribution in [1.82, 2.24) is 4.98 Å². The number of carbonyl (C=O) groups is 1. The minimum Gasteiger partial charge on any atom is -0.477 e. The Kier molecular flexibility index (Phi) is 3.67. The van der Waals surface area contributed by atoms with E-state index in [1.165, 1.54) is 0 Å². The quantitative estimate of drug-likeness (QED) is 0.823. The monoisotopic (exact) mass is 254 g/mol. The summed E-state index contributed by atoms with van der Waals surface area (Å²) < 4.78 is 0. The number of aromatic nitrogens is 1. The van der Waals surface area contributed by atoms with Gasteiger partial charge in [0.1, 0.15) is 5.82 Å². The number of terminal acetylenes is 1. The molecule has 1 atom stereocenters. The highest BCUT2D eigenvalue weighted by Gasteiger charge is 2.12. The molecule has 19 heavy (non-hydrogen) atoms. The lowest BCUT2D eigenvalue weighted by atomic mass is 10.1. The van der Waals surface area contributed by atoms with E-state index in [-0.39, 0.29) is 11.7 Å². The molecular formula is C15H14N2O2. The number of rotatable bonds is 4. The minimum atomic E-state index is -1.04. The number of hydrogen-bond acceptors (Lipinski definition) is 3. The fraction of sp³-hybridized carbons (Fsp3) is 0.200. The van der Waals surface area contributed by atoms with Crippen LogP contribution in [0.1, 0.15) is 23.8 Å². The summed E-state index contributed by atoms with van der Waals surface area (Å²) >= 11 is 0. The molecule has 0 amide bonds. The second kappa shape index (κ2) is 5.40. The van der Waals surface area contributed by atoms with Crippen molar-refractivity contribution in [3.63, 3.8) is 0 Å². The van der Waals surface area contributed by atoms with E-state index in [9.17, 15) is 4.79 Å². The van der Waals surface area contributed by atoms with Crippen molar-refractivity contribution in [2.24, 2.45) is 0 Å². The molecule has 0 bridgehead atoms. The van der Waals surface area contributed by atoms with E-state index in [4.69, 9.17) is 11.5 Å². The molecule has 0 saturated carbocycles. The summed E-state index contributed by atoms with van der Waals surface area (Å²) in [4.78, 5) is 15.2. The molecule has 0 saturated heterocycles. The summed E-state index contributed by atoms with van der Waals surface area (Å²) in [5.41, 5.74) is 0.0223. The molecule has 2 rings (SSSR count). The van der Waals surface area contributed by atoms with E-state index in [0.717, 1.165) is 10.8 Å². The molecule has 96 valence electrons. The van der Waals surface area contributed by atoms with Crippen LogP contribution in [0.2, 0.25) is 0 Å². The average molecular weight is 254 g/mol. The average Bonchev–Trinajstić information content (AvgIpc) is 2.38. The van der Waals surface area contributed by atoms with E-state index in [0.29, 0.717) is 12.2 Å². The molecule has 1 aromatic carbocycles. The summed E-state index contributed by atoms with van der Waals surface area (Å²) in [6, 6.07) is 9.11. The molecule has 4 heteroatoms. The van der Waals surface area contributed by atoms with Gasteiger partial charge in [-0.3, -0.25) is 0 Å². The largest absolute Gasteiger partial charge is 0.477 e. The molecular weight excluding hydrogens is 240 g/mol. The van der Waals surface area contributed by atoms with Gasteiger partial charge in [0.25, 0.3) is 0 Å². The van der Waals surface area contributed by atoms with Gasteiger partial charge in [-0.25, -0.2) is 9.78 Å².